The number of hydrogen-bond acceptors (Lipinski definition) is 5. The normalized spacial score (nSPS) is 13.8. The highest BCUT2D eigenvalue weighted by Crippen LogP contribution is 2.42. The van der Waals surface area contributed by atoms with E-state index in [9.17, 15) is 24.5 Å². The number of allylic oxidation sites excluding steroid dienone is 1. The zero-order valence-electron chi connectivity index (χ0n) is 30.6. The lowest BCUT2D eigenvalue weighted by Crippen LogP contribution is -2.21. The second-order valence-electron chi connectivity index (χ2n) is 14.2. The summed E-state index contributed by atoms with van der Waals surface area (Å²) in [7, 11) is 0. The number of amides is 1. The van der Waals surface area contributed by atoms with Crippen LogP contribution in [0.5, 0.6) is 0 Å². The molecule has 1 amide bonds. The number of halogens is 1. The molecule has 0 radical (unpaired) electrons. The largest absolute Gasteiger partial charge is 0.393 e. The van der Waals surface area contributed by atoms with Crippen molar-refractivity contribution in [2.45, 2.75) is 103 Å². The number of carbonyl (C=O) groups excluding carboxylic acids is 1. The molecule has 0 saturated heterocycles. The van der Waals surface area contributed by atoms with Crippen molar-refractivity contribution in [1.29, 1.82) is 0 Å². The Kier molecular flexibility index (Phi) is 15.0. The van der Waals surface area contributed by atoms with E-state index in [-0.39, 0.29) is 23.6 Å². The van der Waals surface area contributed by atoms with Gasteiger partial charge < -0.3 is 30.5 Å². The third-order valence-electron chi connectivity index (χ3n) is 9.20. The molecule has 1 aromatic heterocycles. The Morgan fingerprint density at radius 1 is 0.804 bits per heavy atom. The number of rotatable bonds is 20. The summed E-state index contributed by atoms with van der Waals surface area (Å²) in [5.74, 6) is -0.408. The molecule has 274 valence electrons. The molecule has 5 N–H and O–H groups in total. The molecule has 0 bridgehead atoms. The lowest BCUT2D eigenvalue weighted by Gasteiger charge is -2.21. The van der Waals surface area contributed by atoms with Crippen LogP contribution in [0, 0.1) is 11.7 Å². The Hall–Kier alpha value is -4.24. The summed E-state index contributed by atoms with van der Waals surface area (Å²) in [5.41, 5.74) is 6.32. The van der Waals surface area contributed by atoms with Gasteiger partial charge in [-0.25, -0.2) is 4.39 Å². The molecular weight excluding hydrogens is 641 g/mol. The molecule has 0 aliphatic carbocycles. The standard InChI is InChI=1S/C43H56FN3O4/c1-29(2)41-40(43(51)46-36-16-10-7-11-17-36)39(33-14-8-6-9-15-33)42(34-19-21-35(44)22-20-34)47(41)25-23-38(50)27-30(3)26-31(4)45-24-13-12-18-37(49)28-32(5)48/h6-11,14-17,19-22,29-30,32,37-38,45,48-50H,4,12-13,18,23-28H2,1-3,5H3,(H,46,51)/t30-,32?,37+,38+/m0/s1. The molecule has 0 saturated carbocycles. The number of para-hydroxylation sites is 1. The first-order valence-corrected chi connectivity index (χ1v) is 18.3. The number of aliphatic hydroxyl groups is 3. The van der Waals surface area contributed by atoms with E-state index in [0.717, 1.165) is 59.6 Å². The average Bonchev–Trinajstić information content (AvgIpc) is 3.43. The van der Waals surface area contributed by atoms with Crippen molar-refractivity contribution in [1.82, 2.24) is 9.88 Å². The fourth-order valence-corrected chi connectivity index (χ4v) is 6.93. The van der Waals surface area contributed by atoms with Crippen molar-refractivity contribution in [3.05, 3.63) is 114 Å². The molecule has 3 aromatic carbocycles. The predicted octanol–water partition coefficient (Wildman–Crippen LogP) is 8.91. The maximum atomic E-state index is 14.3. The van der Waals surface area contributed by atoms with Gasteiger partial charge in [-0.05, 0) is 111 Å². The minimum absolute atomic E-state index is 0.0369. The van der Waals surface area contributed by atoms with Crippen molar-refractivity contribution in [2.75, 3.05) is 11.9 Å². The molecular formula is C43H56FN3O4. The molecule has 0 spiro atoms. The van der Waals surface area contributed by atoms with Gasteiger partial charge in [0.25, 0.3) is 5.91 Å². The van der Waals surface area contributed by atoms with Gasteiger partial charge in [0, 0.05) is 35.7 Å². The molecule has 51 heavy (non-hydrogen) atoms. The molecule has 4 aromatic rings. The average molecular weight is 698 g/mol. The van der Waals surface area contributed by atoms with E-state index in [1.54, 1.807) is 19.1 Å². The second-order valence-corrected chi connectivity index (χ2v) is 14.2. The highest BCUT2D eigenvalue weighted by Gasteiger charge is 2.31. The number of carbonyl (C=O) groups is 1. The maximum absolute atomic E-state index is 14.3. The van der Waals surface area contributed by atoms with Gasteiger partial charge >= 0.3 is 0 Å². The van der Waals surface area contributed by atoms with E-state index >= 15 is 0 Å². The Bertz CT molecular complexity index is 1670. The predicted molar refractivity (Wildman–Crippen MR) is 206 cm³/mol. The van der Waals surface area contributed by atoms with Crippen molar-refractivity contribution in [3.63, 3.8) is 0 Å². The third-order valence-corrected chi connectivity index (χ3v) is 9.20. The number of nitrogens with zero attached hydrogens (tertiary/aromatic N) is 1. The Labute approximate surface area is 303 Å². The summed E-state index contributed by atoms with van der Waals surface area (Å²) in [6.45, 7) is 13.4. The van der Waals surface area contributed by atoms with E-state index in [0.29, 0.717) is 43.5 Å². The Morgan fingerprint density at radius 3 is 2.06 bits per heavy atom. The summed E-state index contributed by atoms with van der Waals surface area (Å²) in [4.78, 5) is 14.3. The van der Waals surface area contributed by atoms with E-state index < -0.39 is 18.3 Å². The smallest absolute Gasteiger partial charge is 0.258 e. The summed E-state index contributed by atoms with van der Waals surface area (Å²) in [5, 5.41) is 37.2. The van der Waals surface area contributed by atoms with E-state index in [4.69, 9.17) is 0 Å². The quantitative estimate of drug-likeness (QED) is 0.0593. The van der Waals surface area contributed by atoms with Gasteiger partial charge in [-0.3, -0.25) is 4.79 Å². The molecule has 0 fully saturated rings. The number of benzene rings is 3. The minimum atomic E-state index is -0.589. The monoisotopic (exact) mass is 697 g/mol. The van der Waals surface area contributed by atoms with Crippen LogP contribution in [-0.4, -0.2) is 50.7 Å². The van der Waals surface area contributed by atoms with Crippen LogP contribution in [0.1, 0.15) is 94.6 Å². The highest BCUT2D eigenvalue weighted by atomic mass is 19.1. The zero-order valence-corrected chi connectivity index (χ0v) is 30.6. The van der Waals surface area contributed by atoms with E-state index in [1.807, 2.05) is 60.7 Å². The van der Waals surface area contributed by atoms with Crippen LogP contribution < -0.4 is 10.6 Å². The van der Waals surface area contributed by atoms with Gasteiger partial charge in [0.15, 0.2) is 0 Å². The molecule has 1 heterocycles. The molecule has 4 rings (SSSR count). The van der Waals surface area contributed by atoms with Crippen LogP contribution in [0.25, 0.3) is 22.4 Å². The van der Waals surface area contributed by atoms with Gasteiger partial charge in [-0.15, -0.1) is 0 Å². The topological polar surface area (TPSA) is 107 Å². The number of aromatic nitrogens is 1. The van der Waals surface area contributed by atoms with Crippen molar-refractivity contribution in [2.24, 2.45) is 5.92 Å². The molecule has 1 unspecified atom stereocenters. The van der Waals surface area contributed by atoms with Gasteiger partial charge in [-0.1, -0.05) is 75.9 Å². The lowest BCUT2D eigenvalue weighted by molar-refractivity contribution is 0.0835. The first-order chi connectivity index (χ1) is 24.4. The number of nitrogens with one attached hydrogen (secondary N) is 2. The Balaban J connectivity index is 1.55. The van der Waals surface area contributed by atoms with Crippen molar-refractivity contribution in [3.8, 4) is 22.4 Å². The lowest BCUT2D eigenvalue weighted by atomic mass is 9.94. The Morgan fingerprint density at radius 2 is 1.43 bits per heavy atom. The van der Waals surface area contributed by atoms with Crippen LogP contribution in [0.2, 0.25) is 0 Å². The fraction of sp³-hybridized carbons (Fsp3) is 0.419. The number of unbranched alkanes of at least 4 members (excludes halogenated alkanes) is 1. The number of hydrogen-bond donors (Lipinski definition) is 5. The first kappa shape index (κ1) is 39.5. The van der Waals surface area contributed by atoms with E-state index in [1.165, 1.54) is 12.1 Å². The molecule has 7 nitrogen and oxygen atoms in total. The van der Waals surface area contributed by atoms with Crippen LogP contribution in [0.3, 0.4) is 0 Å². The van der Waals surface area contributed by atoms with Crippen molar-refractivity contribution >= 4 is 11.6 Å². The number of anilines is 1. The molecule has 8 heteroatoms. The highest BCUT2D eigenvalue weighted by molar-refractivity contribution is 6.12. The van der Waals surface area contributed by atoms with Crippen LogP contribution in [0.15, 0.2) is 97.2 Å². The van der Waals surface area contributed by atoms with Crippen LogP contribution in [-0.2, 0) is 6.54 Å². The zero-order chi connectivity index (χ0) is 36.9. The van der Waals surface area contributed by atoms with Gasteiger partial charge in [0.05, 0.1) is 29.6 Å². The summed E-state index contributed by atoms with van der Waals surface area (Å²) in [6.07, 6.45) is 3.04. The SMILES string of the molecule is C=C(C[C@H](C)C[C@H](O)CCn1c(-c2ccc(F)cc2)c(-c2ccccc2)c(C(=O)Nc2ccccc2)c1C(C)C)NCCCC[C@@H](O)CC(C)O. The third kappa shape index (κ3) is 11.6. The van der Waals surface area contributed by atoms with E-state index in [2.05, 4.69) is 42.6 Å². The van der Waals surface area contributed by atoms with Crippen LogP contribution in [0.4, 0.5) is 10.1 Å². The molecule has 0 aliphatic heterocycles. The van der Waals surface area contributed by atoms with Crippen LogP contribution >= 0.6 is 0 Å². The summed E-state index contributed by atoms with van der Waals surface area (Å²) >= 11 is 0. The fourth-order valence-electron chi connectivity index (χ4n) is 6.93. The molecule has 0 aliphatic rings. The van der Waals surface area contributed by atoms with Gasteiger partial charge in [0.1, 0.15) is 5.82 Å². The maximum Gasteiger partial charge on any atom is 0.258 e. The van der Waals surface area contributed by atoms with Gasteiger partial charge in [0.2, 0.25) is 0 Å². The van der Waals surface area contributed by atoms with Crippen molar-refractivity contribution < 1.29 is 24.5 Å². The molecule has 4 atom stereocenters. The summed E-state index contributed by atoms with van der Waals surface area (Å²) in [6, 6.07) is 25.6. The summed E-state index contributed by atoms with van der Waals surface area (Å²) < 4.78 is 16.4. The second kappa shape index (κ2) is 19.4. The van der Waals surface area contributed by atoms with Gasteiger partial charge in [-0.2, -0.15) is 0 Å². The number of aliphatic hydroxyl groups excluding tert-OH is 3. The minimum Gasteiger partial charge on any atom is -0.393 e. The first-order valence-electron chi connectivity index (χ1n) is 18.3.